The molecule has 1 aliphatic rings. The van der Waals surface area contributed by atoms with Crippen LogP contribution in [0.4, 0.5) is 5.13 Å². The third-order valence-corrected chi connectivity index (χ3v) is 4.83. The summed E-state index contributed by atoms with van der Waals surface area (Å²) in [5.74, 6) is 0. The average Bonchev–Trinajstić information content (AvgIpc) is 2.83. The first-order chi connectivity index (χ1) is 8.49. The van der Waals surface area contributed by atoms with Gasteiger partial charge in [-0.2, -0.15) is 0 Å². The minimum atomic E-state index is 0.0890. The molecule has 1 fully saturated rings. The zero-order chi connectivity index (χ0) is 13.3. The Morgan fingerprint density at radius 1 is 1.56 bits per heavy atom. The number of nitrogens with two attached hydrogens (primary N) is 1. The molecule has 1 aliphatic heterocycles. The Morgan fingerprint density at radius 3 is 2.83 bits per heavy atom. The topological polar surface area (TPSA) is 45.4 Å². The van der Waals surface area contributed by atoms with Gasteiger partial charge in [-0.15, -0.1) is 11.3 Å². The molecule has 1 aromatic heterocycles. The van der Waals surface area contributed by atoms with Gasteiger partial charge in [-0.25, -0.2) is 4.98 Å². The molecule has 102 valence electrons. The van der Waals surface area contributed by atoms with Crippen molar-refractivity contribution in [2.75, 3.05) is 32.1 Å². The second-order valence-corrected chi connectivity index (χ2v) is 6.50. The van der Waals surface area contributed by atoms with Crippen molar-refractivity contribution in [3.05, 3.63) is 10.6 Å². The molecule has 2 N–H and O–H groups in total. The third-order valence-electron chi connectivity index (χ3n) is 3.43. The highest BCUT2D eigenvalue weighted by Crippen LogP contribution is 2.33. The fourth-order valence-electron chi connectivity index (χ4n) is 2.64. The van der Waals surface area contributed by atoms with E-state index in [-0.39, 0.29) is 6.04 Å². The van der Waals surface area contributed by atoms with Crippen molar-refractivity contribution in [1.82, 2.24) is 9.88 Å². The number of likely N-dealkylation sites (N-methyl/N-ethyl adjacent to an activating group) is 1. The molecule has 2 rings (SSSR count). The number of thiazole rings is 1. The van der Waals surface area contributed by atoms with Gasteiger partial charge in [0.2, 0.25) is 0 Å². The van der Waals surface area contributed by atoms with Crippen molar-refractivity contribution in [3.63, 3.8) is 0 Å². The van der Waals surface area contributed by atoms with Crippen LogP contribution in [-0.2, 0) is 0 Å². The Kier molecular flexibility index (Phi) is 4.25. The molecule has 0 radical (unpaired) electrons. The Bertz CT molecular complexity index is 400. The van der Waals surface area contributed by atoms with Gasteiger partial charge in [0.1, 0.15) is 0 Å². The van der Waals surface area contributed by atoms with E-state index in [1.54, 1.807) is 11.3 Å². The largest absolute Gasteiger partial charge is 0.344 e. The molecular weight excluding hydrogens is 244 g/mol. The van der Waals surface area contributed by atoms with Gasteiger partial charge in [-0.1, -0.05) is 0 Å². The molecule has 5 heteroatoms. The second-order valence-electron chi connectivity index (χ2n) is 5.49. The third kappa shape index (κ3) is 2.84. The molecule has 0 bridgehead atoms. The fourth-order valence-corrected chi connectivity index (χ4v) is 3.75. The first-order valence-electron chi connectivity index (χ1n) is 6.63. The number of nitrogens with zero attached hydrogens (tertiary/aromatic N) is 3. The van der Waals surface area contributed by atoms with Gasteiger partial charge in [0.05, 0.1) is 5.69 Å². The first kappa shape index (κ1) is 13.8. The van der Waals surface area contributed by atoms with Crippen LogP contribution in [0.5, 0.6) is 0 Å². The zero-order valence-electron chi connectivity index (χ0n) is 11.8. The maximum Gasteiger partial charge on any atom is 0.186 e. The van der Waals surface area contributed by atoms with Crippen molar-refractivity contribution in [3.8, 4) is 0 Å². The predicted molar refractivity (Wildman–Crippen MR) is 78.4 cm³/mol. The predicted octanol–water partition coefficient (Wildman–Crippen LogP) is 2.00. The van der Waals surface area contributed by atoms with Crippen LogP contribution in [0.25, 0.3) is 0 Å². The SMILES string of the molecule is Cc1nc(N2CCCC2CN(C)C)sc1C(C)N. The van der Waals surface area contributed by atoms with Crippen LogP contribution >= 0.6 is 11.3 Å². The maximum atomic E-state index is 5.99. The van der Waals surface area contributed by atoms with E-state index in [1.165, 1.54) is 17.7 Å². The lowest BCUT2D eigenvalue weighted by atomic mass is 10.2. The Balaban J connectivity index is 2.17. The average molecular weight is 268 g/mol. The van der Waals surface area contributed by atoms with Crippen molar-refractivity contribution < 1.29 is 0 Å². The molecule has 0 amide bonds. The van der Waals surface area contributed by atoms with E-state index in [9.17, 15) is 0 Å². The van der Waals surface area contributed by atoms with Crippen LogP contribution in [-0.4, -0.2) is 43.1 Å². The molecular formula is C13H24N4S. The van der Waals surface area contributed by atoms with E-state index in [0.29, 0.717) is 6.04 Å². The summed E-state index contributed by atoms with van der Waals surface area (Å²) in [6.07, 6.45) is 2.54. The van der Waals surface area contributed by atoms with Gasteiger partial charge in [0, 0.05) is 30.1 Å². The number of hydrogen-bond donors (Lipinski definition) is 1. The Morgan fingerprint density at radius 2 is 2.28 bits per heavy atom. The first-order valence-corrected chi connectivity index (χ1v) is 7.45. The molecule has 2 heterocycles. The van der Waals surface area contributed by atoms with Crippen molar-refractivity contribution in [2.45, 2.75) is 38.8 Å². The van der Waals surface area contributed by atoms with E-state index in [0.717, 1.165) is 23.9 Å². The van der Waals surface area contributed by atoms with Crippen molar-refractivity contribution in [1.29, 1.82) is 0 Å². The number of aryl methyl sites for hydroxylation is 1. The summed E-state index contributed by atoms with van der Waals surface area (Å²) in [6, 6.07) is 0.692. The quantitative estimate of drug-likeness (QED) is 0.907. The summed E-state index contributed by atoms with van der Waals surface area (Å²) in [5, 5.41) is 1.16. The summed E-state index contributed by atoms with van der Waals surface area (Å²) in [5.41, 5.74) is 7.08. The van der Waals surface area contributed by atoms with Crippen LogP contribution in [0.2, 0.25) is 0 Å². The molecule has 1 aromatic rings. The van der Waals surface area contributed by atoms with Crippen LogP contribution in [0.15, 0.2) is 0 Å². The molecule has 18 heavy (non-hydrogen) atoms. The van der Waals surface area contributed by atoms with E-state index in [2.05, 4.69) is 30.8 Å². The summed E-state index contributed by atoms with van der Waals surface area (Å²) < 4.78 is 0. The van der Waals surface area contributed by atoms with E-state index < -0.39 is 0 Å². The minimum Gasteiger partial charge on any atom is -0.344 e. The monoisotopic (exact) mass is 268 g/mol. The highest BCUT2D eigenvalue weighted by molar-refractivity contribution is 7.15. The van der Waals surface area contributed by atoms with Gasteiger partial charge in [0.15, 0.2) is 5.13 Å². The lowest BCUT2D eigenvalue weighted by Crippen LogP contribution is -2.37. The highest BCUT2D eigenvalue weighted by Gasteiger charge is 2.28. The van der Waals surface area contributed by atoms with Gasteiger partial charge in [-0.3, -0.25) is 0 Å². The lowest BCUT2D eigenvalue weighted by molar-refractivity contribution is 0.372. The highest BCUT2D eigenvalue weighted by atomic mass is 32.1. The molecule has 2 unspecified atom stereocenters. The van der Waals surface area contributed by atoms with Crippen molar-refractivity contribution in [2.24, 2.45) is 5.73 Å². The maximum absolute atomic E-state index is 5.99. The van der Waals surface area contributed by atoms with Gasteiger partial charge >= 0.3 is 0 Å². The number of hydrogen-bond acceptors (Lipinski definition) is 5. The summed E-state index contributed by atoms with van der Waals surface area (Å²) in [6.45, 7) is 6.33. The van der Waals surface area contributed by atoms with Gasteiger partial charge in [0.25, 0.3) is 0 Å². The fraction of sp³-hybridized carbons (Fsp3) is 0.769. The van der Waals surface area contributed by atoms with Gasteiger partial charge < -0.3 is 15.5 Å². The summed E-state index contributed by atoms with van der Waals surface area (Å²) in [7, 11) is 4.27. The van der Waals surface area contributed by atoms with Crippen LogP contribution < -0.4 is 10.6 Å². The van der Waals surface area contributed by atoms with E-state index >= 15 is 0 Å². The molecule has 0 aliphatic carbocycles. The van der Waals surface area contributed by atoms with Crippen LogP contribution in [0.3, 0.4) is 0 Å². The normalized spacial score (nSPS) is 21.9. The van der Waals surface area contributed by atoms with Crippen LogP contribution in [0, 0.1) is 6.92 Å². The Labute approximate surface area is 114 Å². The van der Waals surface area contributed by atoms with E-state index in [1.807, 2.05) is 6.92 Å². The Hall–Kier alpha value is -0.650. The number of rotatable bonds is 4. The van der Waals surface area contributed by atoms with Crippen LogP contribution in [0.1, 0.15) is 36.4 Å². The molecule has 1 saturated heterocycles. The summed E-state index contributed by atoms with van der Waals surface area (Å²) >= 11 is 1.77. The summed E-state index contributed by atoms with van der Waals surface area (Å²) in [4.78, 5) is 10.7. The molecule has 4 nitrogen and oxygen atoms in total. The lowest BCUT2D eigenvalue weighted by Gasteiger charge is -2.26. The zero-order valence-corrected chi connectivity index (χ0v) is 12.6. The second kappa shape index (κ2) is 5.55. The van der Waals surface area contributed by atoms with Gasteiger partial charge in [-0.05, 0) is 40.8 Å². The smallest absolute Gasteiger partial charge is 0.186 e. The number of aromatic nitrogens is 1. The minimum absolute atomic E-state index is 0.0890. The molecule has 0 spiro atoms. The van der Waals surface area contributed by atoms with E-state index in [4.69, 9.17) is 10.7 Å². The molecule has 0 aromatic carbocycles. The molecule has 0 saturated carbocycles. The standard InChI is InChI=1S/C13H24N4S/c1-9(14)12-10(2)15-13(18-12)17-7-5-6-11(17)8-16(3)4/h9,11H,5-8,14H2,1-4H3. The van der Waals surface area contributed by atoms with Crippen molar-refractivity contribution >= 4 is 16.5 Å². The number of anilines is 1. The molecule has 2 atom stereocenters.